The van der Waals surface area contributed by atoms with Gasteiger partial charge in [0.15, 0.2) is 0 Å². The predicted molar refractivity (Wildman–Crippen MR) is 149 cm³/mol. The molecule has 0 atom stereocenters. The van der Waals surface area contributed by atoms with Crippen molar-refractivity contribution in [2.75, 3.05) is 19.6 Å². The average Bonchev–Trinajstić information content (AvgIpc) is 3.65. The summed E-state index contributed by atoms with van der Waals surface area (Å²) < 4.78 is 3.62. The second-order valence-electron chi connectivity index (χ2n) is 10.1. The number of likely N-dealkylation sites (tertiary alicyclic amines) is 1. The molecule has 0 spiro atoms. The Balaban J connectivity index is 1.01. The first-order chi connectivity index (χ1) is 19.3. The molecular formula is C29H37N9O. The van der Waals surface area contributed by atoms with Crippen LogP contribution in [0.4, 0.5) is 0 Å². The standard InChI is InChI=1S/C29H37N9O/c39-29(26-13-5-6-14-28(26)38-22-25(32-35-38)21-36-17-8-4-9-18-36)31-16-7-2-1-3-10-19-37-23-27(33-34-37)24-12-11-15-30-20-24/h5-6,11-15,20,22-23H,1-4,7-10,16-19,21H2,(H,31,39). The van der Waals surface area contributed by atoms with E-state index in [9.17, 15) is 4.79 Å². The lowest BCUT2D eigenvalue weighted by atomic mass is 10.1. The third-order valence-electron chi connectivity index (χ3n) is 7.12. The first kappa shape index (κ1) is 26.7. The van der Waals surface area contributed by atoms with Crippen molar-refractivity contribution in [3.05, 3.63) is 72.4 Å². The number of nitrogens with one attached hydrogen (secondary N) is 1. The number of hydrogen-bond acceptors (Lipinski definition) is 7. The maximum absolute atomic E-state index is 13.0. The molecule has 3 aromatic heterocycles. The molecule has 1 aliphatic rings. The summed E-state index contributed by atoms with van der Waals surface area (Å²) >= 11 is 0. The highest BCUT2D eigenvalue weighted by Gasteiger charge is 2.16. The fourth-order valence-electron chi connectivity index (χ4n) is 4.98. The lowest BCUT2D eigenvalue weighted by molar-refractivity contribution is 0.0952. The van der Waals surface area contributed by atoms with Crippen molar-refractivity contribution in [2.45, 2.75) is 64.5 Å². The summed E-state index contributed by atoms with van der Waals surface area (Å²) in [5.74, 6) is -0.0747. The molecule has 1 N–H and O–H groups in total. The summed E-state index contributed by atoms with van der Waals surface area (Å²) in [7, 11) is 0. The number of benzene rings is 1. The Kier molecular flexibility index (Phi) is 9.41. The number of pyridine rings is 1. The van der Waals surface area contributed by atoms with Crippen LogP contribution in [0.5, 0.6) is 0 Å². The molecule has 0 bridgehead atoms. The summed E-state index contributed by atoms with van der Waals surface area (Å²) in [6, 6.07) is 11.5. The van der Waals surface area contributed by atoms with E-state index in [2.05, 4.69) is 35.8 Å². The number of rotatable bonds is 13. The van der Waals surface area contributed by atoms with Crippen LogP contribution in [0.1, 0.15) is 67.4 Å². The van der Waals surface area contributed by atoms with Gasteiger partial charge in [-0.15, -0.1) is 10.2 Å². The quantitative estimate of drug-likeness (QED) is 0.259. The number of unbranched alkanes of at least 4 members (excludes halogenated alkanes) is 4. The van der Waals surface area contributed by atoms with Crippen molar-refractivity contribution in [3.63, 3.8) is 0 Å². The van der Waals surface area contributed by atoms with Gasteiger partial charge in [0, 0.05) is 37.6 Å². The zero-order valence-corrected chi connectivity index (χ0v) is 22.5. The minimum absolute atomic E-state index is 0.0747. The van der Waals surface area contributed by atoms with Gasteiger partial charge in [0.2, 0.25) is 0 Å². The molecule has 1 amide bonds. The van der Waals surface area contributed by atoms with E-state index in [1.165, 1.54) is 19.3 Å². The van der Waals surface area contributed by atoms with Crippen molar-refractivity contribution < 1.29 is 4.79 Å². The van der Waals surface area contributed by atoms with Crippen LogP contribution in [0.3, 0.4) is 0 Å². The largest absolute Gasteiger partial charge is 0.352 e. The summed E-state index contributed by atoms with van der Waals surface area (Å²) in [4.78, 5) is 19.5. The molecule has 5 rings (SSSR count). The van der Waals surface area contributed by atoms with Gasteiger partial charge in [0.1, 0.15) is 5.69 Å². The van der Waals surface area contributed by atoms with Gasteiger partial charge in [-0.25, -0.2) is 4.68 Å². The molecule has 10 nitrogen and oxygen atoms in total. The van der Waals surface area contributed by atoms with E-state index < -0.39 is 0 Å². The summed E-state index contributed by atoms with van der Waals surface area (Å²) in [6.45, 7) is 4.54. The number of carbonyl (C=O) groups is 1. The Morgan fingerprint density at radius 1 is 0.872 bits per heavy atom. The molecule has 0 saturated carbocycles. The van der Waals surface area contributed by atoms with Crippen LogP contribution in [0.25, 0.3) is 16.9 Å². The lowest BCUT2D eigenvalue weighted by Gasteiger charge is -2.25. The molecular weight excluding hydrogens is 490 g/mol. The smallest absolute Gasteiger partial charge is 0.253 e. The average molecular weight is 528 g/mol. The maximum atomic E-state index is 13.0. The van der Waals surface area contributed by atoms with Crippen molar-refractivity contribution >= 4 is 5.91 Å². The van der Waals surface area contributed by atoms with E-state index in [4.69, 9.17) is 0 Å². The highest BCUT2D eigenvalue weighted by atomic mass is 16.1. The molecule has 0 unspecified atom stereocenters. The predicted octanol–water partition coefficient (Wildman–Crippen LogP) is 4.29. The van der Waals surface area contributed by atoms with Crippen LogP contribution < -0.4 is 5.32 Å². The molecule has 1 saturated heterocycles. The topological polar surface area (TPSA) is 107 Å². The van der Waals surface area contributed by atoms with Crippen LogP contribution >= 0.6 is 0 Å². The Morgan fingerprint density at radius 3 is 2.59 bits per heavy atom. The fraction of sp³-hybridized carbons (Fsp3) is 0.448. The highest BCUT2D eigenvalue weighted by molar-refractivity contribution is 5.97. The summed E-state index contributed by atoms with van der Waals surface area (Å²) in [5.41, 5.74) is 4.14. The molecule has 1 aromatic carbocycles. The fourth-order valence-corrected chi connectivity index (χ4v) is 4.98. The molecule has 4 heterocycles. The molecule has 204 valence electrons. The van der Waals surface area contributed by atoms with E-state index in [1.54, 1.807) is 17.1 Å². The van der Waals surface area contributed by atoms with Crippen molar-refractivity contribution in [1.82, 2.24) is 45.2 Å². The van der Waals surface area contributed by atoms with Crippen LogP contribution in [-0.4, -0.2) is 65.4 Å². The van der Waals surface area contributed by atoms with Crippen molar-refractivity contribution in [1.29, 1.82) is 0 Å². The number of nitrogens with zero attached hydrogens (tertiary/aromatic N) is 8. The van der Waals surface area contributed by atoms with E-state index in [-0.39, 0.29) is 5.91 Å². The molecule has 39 heavy (non-hydrogen) atoms. The monoisotopic (exact) mass is 527 g/mol. The first-order valence-electron chi connectivity index (χ1n) is 14.1. The van der Waals surface area contributed by atoms with Gasteiger partial charge in [-0.05, 0) is 63.0 Å². The number of amides is 1. The van der Waals surface area contributed by atoms with Gasteiger partial charge in [0.25, 0.3) is 5.91 Å². The van der Waals surface area contributed by atoms with Crippen LogP contribution in [-0.2, 0) is 13.1 Å². The number of piperidine rings is 1. The minimum atomic E-state index is -0.0747. The molecule has 4 aromatic rings. The van der Waals surface area contributed by atoms with Gasteiger partial charge >= 0.3 is 0 Å². The molecule has 10 heteroatoms. The second-order valence-corrected chi connectivity index (χ2v) is 10.1. The SMILES string of the molecule is O=C(NCCCCCCCn1cc(-c2cccnc2)nn1)c1ccccc1-n1cc(CN2CCCCC2)nn1. The maximum Gasteiger partial charge on any atom is 0.253 e. The third kappa shape index (κ3) is 7.57. The Labute approximate surface area is 229 Å². The van der Waals surface area contributed by atoms with Gasteiger partial charge < -0.3 is 5.32 Å². The second kappa shape index (κ2) is 13.7. The van der Waals surface area contributed by atoms with Gasteiger partial charge in [-0.2, -0.15) is 0 Å². The lowest BCUT2D eigenvalue weighted by Crippen LogP contribution is -2.29. The van der Waals surface area contributed by atoms with Gasteiger partial charge in [0.05, 0.1) is 29.3 Å². The van der Waals surface area contributed by atoms with E-state index >= 15 is 0 Å². The number of hydrogen-bond donors (Lipinski definition) is 1. The third-order valence-corrected chi connectivity index (χ3v) is 7.12. The number of aryl methyl sites for hydroxylation is 1. The van der Waals surface area contributed by atoms with E-state index in [0.717, 1.165) is 80.9 Å². The van der Waals surface area contributed by atoms with Gasteiger partial charge in [-0.3, -0.25) is 19.4 Å². The van der Waals surface area contributed by atoms with E-state index in [1.807, 2.05) is 53.5 Å². The first-order valence-corrected chi connectivity index (χ1v) is 14.1. The van der Waals surface area contributed by atoms with Crippen LogP contribution in [0.2, 0.25) is 0 Å². The van der Waals surface area contributed by atoms with Crippen molar-refractivity contribution in [2.24, 2.45) is 0 Å². The van der Waals surface area contributed by atoms with E-state index in [0.29, 0.717) is 12.1 Å². The molecule has 1 aliphatic heterocycles. The molecule has 0 radical (unpaired) electrons. The summed E-state index contributed by atoms with van der Waals surface area (Å²) in [6.07, 6.45) is 16.6. The highest BCUT2D eigenvalue weighted by Crippen LogP contribution is 2.17. The minimum Gasteiger partial charge on any atom is -0.352 e. The number of para-hydroxylation sites is 1. The molecule has 1 fully saturated rings. The Bertz CT molecular complexity index is 1310. The van der Waals surface area contributed by atoms with Crippen LogP contribution in [0, 0.1) is 0 Å². The normalized spacial score (nSPS) is 13.9. The Morgan fingerprint density at radius 2 is 1.72 bits per heavy atom. The van der Waals surface area contributed by atoms with Crippen LogP contribution in [0.15, 0.2) is 61.2 Å². The zero-order chi connectivity index (χ0) is 26.7. The summed E-state index contributed by atoms with van der Waals surface area (Å²) in [5, 5.41) is 20.2. The number of aromatic nitrogens is 7. The van der Waals surface area contributed by atoms with Gasteiger partial charge in [-0.1, -0.05) is 48.2 Å². The zero-order valence-electron chi connectivity index (χ0n) is 22.5. The number of carbonyl (C=O) groups excluding carboxylic acids is 1. The Hall–Kier alpha value is -3.92. The van der Waals surface area contributed by atoms with Crippen molar-refractivity contribution in [3.8, 4) is 16.9 Å². The molecule has 0 aliphatic carbocycles.